The third-order valence-electron chi connectivity index (χ3n) is 1.86. The Balaban J connectivity index is 2.88. The van der Waals surface area contributed by atoms with E-state index in [1.807, 2.05) is 0 Å². The molecule has 0 saturated carbocycles. The van der Waals surface area contributed by atoms with Crippen LogP contribution in [0.15, 0.2) is 23.3 Å². The first kappa shape index (κ1) is 9.51. The summed E-state index contributed by atoms with van der Waals surface area (Å²) in [5, 5.41) is 17.3. The molecule has 0 amide bonds. The number of hydrogen-bond donors (Lipinski definition) is 2. The van der Waals surface area contributed by atoms with E-state index in [9.17, 15) is 9.59 Å². The molecule has 1 aliphatic carbocycles. The first-order chi connectivity index (χ1) is 6.00. The summed E-state index contributed by atoms with van der Waals surface area (Å²) in [7, 11) is 0. The minimum absolute atomic E-state index is 0.00894. The largest absolute Gasteiger partial charge is 0.478 e. The van der Waals surface area contributed by atoms with E-state index >= 15 is 0 Å². The second-order valence-corrected chi connectivity index (χ2v) is 3.03. The molecule has 4 heteroatoms. The Morgan fingerprint density at radius 1 is 1.23 bits per heavy atom. The van der Waals surface area contributed by atoms with Gasteiger partial charge in [0.1, 0.15) is 0 Å². The summed E-state index contributed by atoms with van der Waals surface area (Å²) >= 11 is 0. The molecule has 0 saturated heterocycles. The Morgan fingerprint density at radius 2 is 1.62 bits per heavy atom. The van der Waals surface area contributed by atoms with Gasteiger partial charge in [-0.2, -0.15) is 0 Å². The van der Waals surface area contributed by atoms with Crippen LogP contribution in [0, 0.1) is 5.92 Å². The molecule has 0 fully saturated rings. The number of allylic oxidation sites excluding steroid dienone is 2. The van der Waals surface area contributed by atoms with E-state index in [-0.39, 0.29) is 23.5 Å². The van der Waals surface area contributed by atoms with Crippen LogP contribution in [0.3, 0.4) is 0 Å². The Hall–Kier alpha value is -1.58. The van der Waals surface area contributed by atoms with Crippen molar-refractivity contribution in [1.29, 1.82) is 0 Å². The van der Waals surface area contributed by atoms with Gasteiger partial charge in [0.05, 0.1) is 0 Å². The molecule has 0 radical (unpaired) electrons. The van der Waals surface area contributed by atoms with Crippen molar-refractivity contribution in [3.05, 3.63) is 23.3 Å². The van der Waals surface area contributed by atoms with E-state index in [4.69, 9.17) is 10.2 Å². The molecule has 0 spiro atoms. The van der Waals surface area contributed by atoms with Crippen LogP contribution in [0.5, 0.6) is 0 Å². The Kier molecular flexibility index (Phi) is 2.51. The normalized spacial score (nSPS) is 17.6. The zero-order valence-electron chi connectivity index (χ0n) is 7.15. The maximum absolute atomic E-state index is 10.6. The summed E-state index contributed by atoms with van der Waals surface area (Å²) in [6.07, 6.45) is 3.14. The third kappa shape index (κ3) is 2.18. The Labute approximate surface area is 75.2 Å². The summed E-state index contributed by atoms with van der Waals surface area (Å²) in [6, 6.07) is 0. The molecule has 0 aromatic carbocycles. The van der Waals surface area contributed by atoms with E-state index in [1.165, 1.54) is 0 Å². The molecule has 70 valence electrons. The number of rotatable bonds is 2. The van der Waals surface area contributed by atoms with Crippen LogP contribution in [0.25, 0.3) is 0 Å². The van der Waals surface area contributed by atoms with Gasteiger partial charge in [-0.15, -0.1) is 0 Å². The molecule has 2 N–H and O–H groups in total. The van der Waals surface area contributed by atoms with E-state index in [1.54, 1.807) is 19.1 Å². The van der Waals surface area contributed by atoms with Crippen molar-refractivity contribution in [2.75, 3.05) is 0 Å². The first-order valence-electron chi connectivity index (χ1n) is 3.88. The zero-order valence-corrected chi connectivity index (χ0v) is 7.15. The van der Waals surface area contributed by atoms with Gasteiger partial charge in [0.15, 0.2) is 0 Å². The molecule has 0 heterocycles. The highest BCUT2D eigenvalue weighted by Gasteiger charge is 2.20. The van der Waals surface area contributed by atoms with Crippen LogP contribution in [-0.2, 0) is 9.59 Å². The van der Waals surface area contributed by atoms with Crippen molar-refractivity contribution in [1.82, 2.24) is 0 Å². The minimum atomic E-state index is -1.04. The summed E-state index contributed by atoms with van der Waals surface area (Å²) in [5.41, 5.74) is 0.319. The molecule has 4 nitrogen and oxygen atoms in total. The van der Waals surface area contributed by atoms with E-state index in [0.29, 0.717) is 0 Å². The lowest BCUT2D eigenvalue weighted by molar-refractivity contribution is -0.133. The zero-order chi connectivity index (χ0) is 10.0. The number of carbonyl (C=O) groups is 2. The fourth-order valence-electron chi connectivity index (χ4n) is 1.30. The fraction of sp³-hybridized carbons (Fsp3) is 0.333. The van der Waals surface area contributed by atoms with Gasteiger partial charge in [-0.1, -0.05) is 19.1 Å². The average Bonchev–Trinajstić information content (AvgIpc) is 2.03. The van der Waals surface area contributed by atoms with Gasteiger partial charge in [0.25, 0.3) is 0 Å². The maximum Gasteiger partial charge on any atom is 0.331 e. The quantitative estimate of drug-likeness (QED) is 0.669. The fourth-order valence-corrected chi connectivity index (χ4v) is 1.30. The molecule has 1 aliphatic rings. The van der Waals surface area contributed by atoms with Crippen molar-refractivity contribution in [2.45, 2.75) is 13.3 Å². The number of hydrogen-bond acceptors (Lipinski definition) is 2. The molecular weight excluding hydrogens is 172 g/mol. The molecule has 0 unspecified atom stereocenters. The van der Waals surface area contributed by atoms with Crippen molar-refractivity contribution >= 4 is 11.9 Å². The van der Waals surface area contributed by atoms with Gasteiger partial charge in [-0.3, -0.25) is 0 Å². The Morgan fingerprint density at radius 3 is 1.92 bits per heavy atom. The predicted octanol–water partition coefficient (Wildman–Crippen LogP) is 1.05. The van der Waals surface area contributed by atoms with E-state index in [0.717, 1.165) is 0 Å². The summed E-state index contributed by atoms with van der Waals surface area (Å²) in [4.78, 5) is 21.2. The second kappa shape index (κ2) is 3.43. The van der Waals surface area contributed by atoms with Crippen LogP contribution in [0.2, 0.25) is 0 Å². The van der Waals surface area contributed by atoms with Gasteiger partial charge in [0.2, 0.25) is 0 Å². The Bertz CT molecular complexity index is 282. The summed E-state index contributed by atoms with van der Waals surface area (Å²) in [5.74, 6) is -2.21. The number of carboxylic acids is 2. The van der Waals surface area contributed by atoms with Gasteiger partial charge in [-0.25, -0.2) is 9.59 Å². The third-order valence-corrected chi connectivity index (χ3v) is 1.86. The lowest BCUT2D eigenvalue weighted by atomic mass is 9.92. The van der Waals surface area contributed by atoms with Gasteiger partial charge >= 0.3 is 11.9 Å². The highest BCUT2D eigenvalue weighted by Crippen LogP contribution is 2.22. The molecule has 0 bridgehead atoms. The van der Waals surface area contributed by atoms with Crippen LogP contribution in [0.1, 0.15) is 13.3 Å². The highest BCUT2D eigenvalue weighted by atomic mass is 16.4. The minimum Gasteiger partial charge on any atom is -0.478 e. The standard InChI is InChI=1S/C9H10O4/c1-5-2-6(8(10)11)4-7(3-5)9(12)13/h2-3,5H,4H2,1H3,(H,10,11)(H,12,13). The maximum atomic E-state index is 10.6. The van der Waals surface area contributed by atoms with E-state index < -0.39 is 11.9 Å². The molecule has 0 aliphatic heterocycles. The molecule has 13 heavy (non-hydrogen) atoms. The van der Waals surface area contributed by atoms with Crippen molar-refractivity contribution in [3.63, 3.8) is 0 Å². The van der Waals surface area contributed by atoms with Gasteiger partial charge in [-0.05, 0) is 5.92 Å². The highest BCUT2D eigenvalue weighted by molar-refractivity contribution is 5.94. The summed E-state index contributed by atoms with van der Waals surface area (Å²) in [6.45, 7) is 1.76. The van der Waals surface area contributed by atoms with Crippen molar-refractivity contribution in [3.8, 4) is 0 Å². The average molecular weight is 182 g/mol. The van der Waals surface area contributed by atoms with Crippen LogP contribution in [0.4, 0.5) is 0 Å². The smallest absolute Gasteiger partial charge is 0.331 e. The van der Waals surface area contributed by atoms with Gasteiger partial charge in [0, 0.05) is 17.6 Å². The monoisotopic (exact) mass is 182 g/mol. The lowest BCUT2D eigenvalue weighted by Crippen LogP contribution is -2.13. The molecular formula is C9H10O4. The number of carboxylic acid groups (broad SMARTS) is 2. The van der Waals surface area contributed by atoms with Crippen LogP contribution in [-0.4, -0.2) is 22.2 Å². The SMILES string of the molecule is CC1C=C(C(=O)O)CC(C(=O)O)=C1. The van der Waals surface area contributed by atoms with Crippen LogP contribution >= 0.6 is 0 Å². The first-order valence-corrected chi connectivity index (χ1v) is 3.88. The molecule has 0 aromatic rings. The lowest BCUT2D eigenvalue weighted by Gasteiger charge is -2.12. The topological polar surface area (TPSA) is 74.6 Å². The van der Waals surface area contributed by atoms with Gasteiger partial charge < -0.3 is 10.2 Å². The van der Waals surface area contributed by atoms with Crippen molar-refractivity contribution in [2.24, 2.45) is 5.92 Å². The van der Waals surface area contributed by atoms with Crippen molar-refractivity contribution < 1.29 is 19.8 Å². The second-order valence-electron chi connectivity index (χ2n) is 3.03. The molecule has 1 rings (SSSR count). The van der Waals surface area contributed by atoms with Crippen LogP contribution < -0.4 is 0 Å². The van der Waals surface area contributed by atoms with E-state index in [2.05, 4.69) is 0 Å². The molecule has 0 aromatic heterocycles. The molecule has 0 atom stereocenters. The number of aliphatic carboxylic acids is 2. The summed E-state index contributed by atoms with van der Waals surface area (Å²) < 4.78 is 0. The predicted molar refractivity (Wildman–Crippen MR) is 45.2 cm³/mol.